The number of nitrogens with one attached hydrogen (secondary N) is 3. The van der Waals surface area contributed by atoms with Gasteiger partial charge in [0.2, 0.25) is 17.7 Å². The lowest BCUT2D eigenvalue weighted by Gasteiger charge is -2.26. The van der Waals surface area contributed by atoms with E-state index in [1.165, 1.54) is 0 Å². The number of nitrogens with zero attached hydrogens (tertiary/aromatic N) is 3. The number of likely N-dealkylation sites (tertiary alicyclic amines) is 1. The van der Waals surface area contributed by atoms with Gasteiger partial charge in [0.25, 0.3) is 0 Å². The van der Waals surface area contributed by atoms with Crippen LogP contribution in [-0.2, 0) is 83.9 Å². The van der Waals surface area contributed by atoms with Crippen molar-refractivity contribution in [2.75, 3.05) is 179 Å². The molecule has 0 aliphatic carbocycles. The SMILES string of the molecule is CN1C(=O)C[C@H](C(=O)NCCOCCOCCOCCOCCOCCOCCOCCOCCOCCOCCOCCOCCC(=O)N[C@@H]2CNCc3cc(C(F)(F)F)cnc32)[C@H]1c1cccnc1. The first-order valence-electron chi connectivity index (χ1n) is 24.1. The summed E-state index contributed by atoms with van der Waals surface area (Å²) in [6.45, 7) is 10.7. The average Bonchev–Trinajstić information content (AvgIpc) is 3.67. The molecule has 0 saturated carbocycles. The van der Waals surface area contributed by atoms with Crippen LogP contribution in [0.4, 0.5) is 13.2 Å². The van der Waals surface area contributed by atoms with Gasteiger partial charge >= 0.3 is 6.18 Å². The Bertz CT molecular complexity index is 1740. The molecule has 0 unspecified atom stereocenters. The molecule has 3 N–H and O–H groups in total. The molecule has 0 radical (unpaired) electrons. The van der Waals surface area contributed by atoms with Crippen LogP contribution < -0.4 is 16.0 Å². The minimum atomic E-state index is -4.48. The first-order chi connectivity index (χ1) is 34.6. The molecule has 71 heavy (non-hydrogen) atoms. The third-order valence-corrected chi connectivity index (χ3v) is 10.7. The van der Waals surface area contributed by atoms with Crippen LogP contribution in [0.15, 0.2) is 36.8 Å². The van der Waals surface area contributed by atoms with Crippen LogP contribution in [0.1, 0.15) is 47.3 Å². The average molecular weight is 1020 g/mol. The zero-order valence-corrected chi connectivity index (χ0v) is 40.8. The van der Waals surface area contributed by atoms with E-state index >= 15 is 0 Å². The molecule has 24 heteroatoms. The van der Waals surface area contributed by atoms with Crippen molar-refractivity contribution in [1.82, 2.24) is 30.8 Å². The highest BCUT2D eigenvalue weighted by Gasteiger charge is 2.42. The van der Waals surface area contributed by atoms with Gasteiger partial charge in [0.1, 0.15) is 0 Å². The van der Waals surface area contributed by atoms with Gasteiger partial charge in [-0.05, 0) is 23.3 Å². The maximum atomic E-state index is 13.0. The summed E-state index contributed by atoms with van der Waals surface area (Å²) < 4.78 is 105. The molecule has 0 spiro atoms. The summed E-state index contributed by atoms with van der Waals surface area (Å²) in [5.41, 5.74) is 0.867. The molecule has 2 aromatic heterocycles. The number of hydrogen-bond donors (Lipinski definition) is 3. The van der Waals surface area contributed by atoms with E-state index in [-0.39, 0.29) is 49.8 Å². The number of alkyl halides is 3. The zero-order valence-electron chi connectivity index (χ0n) is 40.8. The van der Waals surface area contributed by atoms with Gasteiger partial charge < -0.3 is 77.7 Å². The van der Waals surface area contributed by atoms with Crippen molar-refractivity contribution >= 4 is 17.7 Å². The molecule has 2 aromatic rings. The van der Waals surface area contributed by atoms with E-state index in [0.717, 1.165) is 17.8 Å². The minimum Gasteiger partial charge on any atom is -0.379 e. The second kappa shape index (κ2) is 36.8. The Balaban J connectivity index is 0.770. The molecule has 0 aromatic carbocycles. The minimum absolute atomic E-state index is 0.0673. The Morgan fingerprint density at radius 3 is 1.56 bits per heavy atom. The summed E-state index contributed by atoms with van der Waals surface area (Å²) >= 11 is 0. The van der Waals surface area contributed by atoms with Crippen molar-refractivity contribution in [2.45, 2.75) is 37.6 Å². The summed E-state index contributed by atoms with van der Waals surface area (Å²) in [7, 11) is 1.71. The predicted octanol–water partition coefficient (Wildman–Crippen LogP) is 1.68. The Labute approximate surface area is 413 Å². The van der Waals surface area contributed by atoms with E-state index < -0.39 is 23.7 Å². The standard InChI is InChI=1S/C47H73F3N6O15/c1-56-43(58)32-40(45(56)37-3-2-5-51-33-37)46(59)53-6-8-61-10-12-63-14-16-65-18-20-67-22-24-69-26-28-71-30-29-70-27-25-68-23-21-66-19-17-64-15-13-62-11-9-60-7-4-42(57)55-41-36-52-34-38-31-39(47(48,49)50)35-54-44(38)41/h2-3,5,31,33,35,40-41,45,52H,4,6-30,32,34,36H2,1H3,(H,53,59)(H,55,57)/t40-,41+,45+/m0/s1. The molecule has 3 amide bonds. The highest BCUT2D eigenvalue weighted by Crippen LogP contribution is 2.37. The van der Waals surface area contributed by atoms with Crippen LogP contribution in [0.5, 0.6) is 0 Å². The van der Waals surface area contributed by atoms with E-state index in [0.29, 0.717) is 176 Å². The van der Waals surface area contributed by atoms with Crippen molar-refractivity contribution in [3.05, 3.63) is 59.2 Å². The molecule has 402 valence electrons. The van der Waals surface area contributed by atoms with Crippen molar-refractivity contribution in [1.29, 1.82) is 0 Å². The highest BCUT2D eigenvalue weighted by molar-refractivity contribution is 5.90. The smallest absolute Gasteiger partial charge is 0.379 e. The van der Waals surface area contributed by atoms with Gasteiger partial charge in [-0.25, -0.2) is 0 Å². The Morgan fingerprint density at radius 2 is 1.13 bits per heavy atom. The first kappa shape index (κ1) is 59.5. The van der Waals surface area contributed by atoms with Gasteiger partial charge in [0, 0.05) is 58.1 Å². The topological polar surface area (TPSA) is 227 Å². The van der Waals surface area contributed by atoms with Crippen LogP contribution in [0, 0.1) is 5.92 Å². The molecule has 1 saturated heterocycles. The summed E-state index contributed by atoms with van der Waals surface area (Å²) in [5, 5.41) is 8.69. The molecule has 4 rings (SSSR count). The Morgan fingerprint density at radius 1 is 0.676 bits per heavy atom. The Kier molecular flexibility index (Phi) is 30.9. The van der Waals surface area contributed by atoms with Gasteiger partial charge in [-0.15, -0.1) is 0 Å². The van der Waals surface area contributed by atoms with Crippen LogP contribution in [0.3, 0.4) is 0 Å². The number of pyridine rings is 2. The fourth-order valence-electron chi connectivity index (χ4n) is 7.14. The van der Waals surface area contributed by atoms with Crippen molar-refractivity contribution in [2.24, 2.45) is 5.92 Å². The summed E-state index contributed by atoms with van der Waals surface area (Å²) in [6.07, 6.45) is -0.0745. The normalized spacial score (nSPS) is 16.9. The quantitative estimate of drug-likeness (QED) is 0.0805. The molecule has 2 aliphatic rings. The number of hydrogen-bond acceptors (Lipinski definition) is 18. The summed E-state index contributed by atoms with van der Waals surface area (Å²) in [4.78, 5) is 47.1. The fraction of sp³-hybridized carbons (Fsp3) is 0.723. The molecule has 0 bridgehead atoms. The molecule has 3 atom stereocenters. The number of amides is 3. The monoisotopic (exact) mass is 1020 g/mol. The first-order valence-corrected chi connectivity index (χ1v) is 24.1. The molecule has 2 aliphatic heterocycles. The number of halogens is 3. The van der Waals surface area contributed by atoms with Crippen molar-refractivity contribution in [3.8, 4) is 0 Å². The lowest BCUT2D eigenvalue weighted by Crippen LogP contribution is -2.40. The number of aromatic nitrogens is 2. The largest absolute Gasteiger partial charge is 0.417 e. The van der Waals surface area contributed by atoms with Gasteiger partial charge in [-0.3, -0.25) is 24.4 Å². The zero-order chi connectivity index (χ0) is 50.6. The summed E-state index contributed by atoms with van der Waals surface area (Å²) in [6, 6.07) is 3.88. The number of carbonyl (C=O) groups excluding carboxylic acids is 3. The van der Waals surface area contributed by atoms with Gasteiger partial charge in [-0.2, -0.15) is 13.2 Å². The molecular weight excluding hydrogens is 946 g/mol. The summed E-state index contributed by atoms with van der Waals surface area (Å²) in [5.74, 6) is -1.01. The van der Waals surface area contributed by atoms with Crippen LogP contribution in [-0.4, -0.2) is 211 Å². The van der Waals surface area contributed by atoms with Crippen molar-refractivity contribution < 1.29 is 84.4 Å². The van der Waals surface area contributed by atoms with Gasteiger partial charge in [0.05, 0.1) is 188 Å². The number of ether oxygens (including phenoxy) is 12. The Hall–Kier alpha value is -4.02. The van der Waals surface area contributed by atoms with E-state index in [1.807, 2.05) is 6.07 Å². The van der Waals surface area contributed by atoms with E-state index in [4.69, 9.17) is 56.8 Å². The lowest BCUT2D eigenvalue weighted by molar-refractivity contribution is -0.138. The molecular formula is C47H73F3N6O15. The predicted molar refractivity (Wildman–Crippen MR) is 247 cm³/mol. The van der Waals surface area contributed by atoms with Crippen LogP contribution in [0.2, 0.25) is 0 Å². The van der Waals surface area contributed by atoms with Crippen LogP contribution in [0.25, 0.3) is 0 Å². The van der Waals surface area contributed by atoms with E-state index in [1.54, 1.807) is 30.4 Å². The lowest BCUT2D eigenvalue weighted by atomic mass is 9.94. The third kappa shape index (κ3) is 25.5. The van der Waals surface area contributed by atoms with E-state index in [2.05, 4.69) is 25.9 Å². The third-order valence-electron chi connectivity index (χ3n) is 10.7. The maximum absolute atomic E-state index is 13.0. The molecule has 21 nitrogen and oxygen atoms in total. The van der Waals surface area contributed by atoms with E-state index in [9.17, 15) is 27.6 Å². The van der Waals surface area contributed by atoms with Gasteiger partial charge in [-0.1, -0.05) is 6.07 Å². The number of carbonyl (C=O) groups is 3. The number of rotatable bonds is 42. The maximum Gasteiger partial charge on any atom is 0.417 e. The second-order valence-electron chi connectivity index (χ2n) is 16.0. The van der Waals surface area contributed by atoms with Crippen molar-refractivity contribution in [3.63, 3.8) is 0 Å². The fourth-order valence-corrected chi connectivity index (χ4v) is 7.14. The number of fused-ring (bicyclic) bond motifs is 1. The highest BCUT2D eigenvalue weighted by atomic mass is 19.4. The van der Waals surface area contributed by atoms with Gasteiger partial charge in [0.15, 0.2) is 0 Å². The second-order valence-corrected chi connectivity index (χ2v) is 16.0. The molecule has 4 heterocycles. The molecule has 1 fully saturated rings. The van der Waals surface area contributed by atoms with Crippen LogP contribution >= 0.6 is 0 Å².